The quantitative estimate of drug-likeness (QED) is 0.888. The van der Waals surface area contributed by atoms with Crippen LogP contribution in [0.2, 0.25) is 0 Å². The summed E-state index contributed by atoms with van der Waals surface area (Å²) < 4.78 is 12.1. The Hall–Kier alpha value is -2.70. The van der Waals surface area contributed by atoms with Crippen molar-refractivity contribution in [3.05, 3.63) is 35.7 Å². The summed E-state index contributed by atoms with van der Waals surface area (Å²) in [5.74, 6) is 1.19. The molecule has 0 radical (unpaired) electrons. The summed E-state index contributed by atoms with van der Waals surface area (Å²) in [7, 11) is 4.97. The van der Waals surface area contributed by atoms with E-state index in [0.717, 1.165) is 11.3 Å². The number of ether oxygens (including phenoxy) is 2. The van der Waals surface area contributed by atoms with Gasteiger partial charge in [0.15, 0.2) is 0 Å². The van der Waals surface area contributed by atoms with E-state index in [9.17, 15) is 4.79 Å². The molecule has 2 rings (SSSR count). The van der Waals surface area contributed by atoms with Crippen molar-refractivity contribution in [1.29, 1.82) is 0 Å². The maximum Gasteiger partial charge on any atom is 0.319 e. The van der Waals surface area contributed by atoms with Crippen molar-refractivity contribution in [2.45, 2.75) is 19.9 Å². The zero-order valence-electron chi connectivity index (χ0n) is 14.0. The molecule has 23 heavy (non-hydrogen) atoms. The molecule has 1 aromatic heterocycles. The molecule has 0 aliphatic rings. The van der Waals surface area contributed by atoms with Gasteiger partial charge in [0.2, 0.25) is 0 Å². The van der Waals surface area contributed by atoms with Gasteiger partial charge in [0.05, 0.1) is 31.6 Å². The summed E-state index contributed by atoms with van der Waals surface area (Å²) in [6.45, 7) is 3.83. The number of carbonyl (C=O) groups is 1. The van der Waals surface area contributed by atoms with Gasteiger partial charge in [-0.25, -0.2) is 4.79 Å². The van der Waals surface area contributed by atoms with Crippen LogP contribution >= 0.6 is 0 Å². The van der Waals surface area contributed by atoms with E-state index in [0.29, 0.717) is 17.2 Å². The Balaban J connectivity index is 2.06. The summed E-state index contributed by atoms with van der Waals surface area (Å²) in [6, 6.07) is 4.73. The van der Waals surface area contributed by atoms with Gasteiger partial charge in [0.1, 0.15) is 11.5 Å². The van der Waals surface area contributed by atoms with Gasteiger partial charge in [-0.3, -0.25) is 4.68 Å². The van der Waals surface area contributed by atoms with E-state index in [4.69, 9.17) is 9.47 Å². The van der Waals surface area contributed by atoms with Crippen LogP contribution in [0.3, 0.4) is 0 Å². The van der Waals surface area contributed by atoms with Crippen molar-refractivity contribution in [3.8, 4) is 11.5 Å². The van der Waals surface area contributed by atoms with Gasteiger partial charge in [-0.1, -0.05) is 0 Å². The first kappa shape index (κ1) is 16.7. The predicted molar refractivity (Wildman–Crippen MR) is 88.1 cm³/mol. The number of aromatic nitrogens is 2. The Morgan fingerprint density at radius 1 is 1.30 bits per heavy atom. The van der Waals surface area contributed by atoms with Crippen molar-refractivity contribution in [3.63, 3.8) is 0 Å². The van der Waals surface area contributed by atoms with Gasteiger partial charge in [0.25, 0.3) is 0 Å². The van der Waals surface area contributed by atoms with E-state index < -0.39 is 0 Å². The first-order chi connectivity index (χ1) is 10.9. The standard InChI is InChI=1S/C16H22N4O3/c1-10(13-9-20(3)19-11(13)2)17-16(21)18-14-7-6-12(22-4)8-15(14)23-5/h6-10H,1-5H3,(H2,17,18,21). The molecule has 0 saturated heterocycles. The highest BCUT2D eigenvalue weighted by atomic mass is 16.5. The second-order valence-corrected chi connectivity index (χ2v) is 5.23. The molecule has 0 aliphatic carbocycles. The fourth-order valence-electron chi connectivity index (χ4n) is 2.38. The van der Waals surface area contributed by atoms with Gasteiger partial charge < -0.3 is 20.1 Å². The molecule has 0 aliphatic heterocycles. The first-order valence-corrected chi connectivity index (χ1v) is 7.24. The molecule has 7 nitrogen and oxygen atoms in total. The van der Waals surface area contributed by atoms with E-state index in [-0.39, 0.29) is 12.1 Å². The molecule has 7 heteroatoms. The number of benzene rings is 1. The van der Waals surface area contributed by atoms with E-state index in [1.54, 1.807) is 37.1 Å². The lowest BCUT2D eigenvalue weighted by Gasteiger charge is -2.16. The monoisotopic (exact) mass is 318 g/mol. The van der Waals surface area contributed by atoms with Crippen molar-refractivity contribution < 1.29 is 14.3 Å². The Bertz CT molecular complexity index is 697. The zero-order valence-corrected chi connectivity index (χ0v) is 14.0. The lowest BCUT2D eigenvalue weighted by atomic mass is 10.1. The summed E-state index contributed by atoms with van der Waals surface area (Å²) >= 11 is 0. The molecular weight excluding hydrogens is 296 g/mol. The second kappa shape index (κ2) is 7.04. The third kappa shape index (κ3) is 3.94. The minimum Gasteiger partial charge on any atom is -0.497 e. The van der Waals surface area contributed by atoms with Gasteiger partial charge in [0, 0.05) is 24.9 Å². The second-order valence-electron chi connectivity index (χ2n) is 5.23. The number of aryl methyl sites for hydroxylation is 2. The number of carbonyl (C=O) groups excluding carboxylic acids is 1. The van der Waals surface area contributed by atoms with E-state index in [1.165, 1.54) is 0 Å². The molecule has 1 heterocycles. The molecule has 0 bridgehead atoms. The number of methoxy groups -OCH3 is 2. The fourth-order valence-corrected chi connectivity index (χ4v) is 2.38. The fraction of sp³-hybridized carbons (Fsp3) is 0.375. The number of nitrogens with one attached hydrogen (secondary N) is 2. The van der Waals surface area contributed by atoms with Crippen molar-refractivity contribution in [2.24, 2.45) is 7.05 Å². The van der Waals surface area contributed by atoms with Gasteiger partial charge in [-0.15, -0.1) is 0 Å². The average molecular weight is 318 g/mol. The minimum atomic E-state index is -0.316. The average Bonchev–Trinajstić information content (AvgIpc) is 2.86. The molecule has 1 unspecified atom stereocenters. The van der Waals surface area contributed by atoms with Crippen LogP contribution in [0, 0.1) is 6.92 Å². The van der Waals surface area contributed by atoms with E-state index in [2.05, 4.69) is 15.7 Å². The van der Waals surface area contributed by atoms with Crippen LogP contribution in [0.5, 0.6) is 11.5 Å². The number of nitrogens with zero attached hydrogens (tertiary/aromatic N) is 2. The third-order valence-corrected chi connectivity index (χ3v) is 3.52. The van der Waals surface area contributed by atoms with Crippen molar-refractivity contribution in [2.75, 3.05) is 19.5 Å². The number of urea groups is 1. The van der Waals surface area contributed by atoms with Crippen LogP contribution in [0.25, 0.3) is 0 Å². The molecule has 1 atom stereocenters. The highest BCUT2D eigenvalue weighted by Gasteiger charge is 2.15. The molecule has 124 valence electrons. The maximum absolute atomic E-state index is 12.2. The van der Waals surface area contributed by atoms with Crippen LogP contribution in [0.1, 0.15) is 24.2 Å². The Kier molecular flexibility index (Phi) is 5.10. The van der Waals surface area contributed by atoms with Crippen LogP contribution < -0.4 is 20.1 Å². The van der Waals surface area contributed by atoms with Gasteiger partial charge in [-0.05, 0) is 26.0 Å². The number of rotatable bonds is 5. The Morgan fingerprint density at radius 2 is 2.04 bits per heavy atom. The Morgan fingerprint density at radius 3 is 2.61 bits per heavy atom. The van der Waals surface area contributed by atoms with Gasteiger partial charge >= 0.3 is 6.03 Å². The maximum atomic E-state index is 12.2. The van der Waals surface area contributed by atoms with Gasteiger partial charge in [-0.2, -0.15) is 5.10 Å². The lowest BCUT2D eigenvalue weighted by molar-refractivity contribution is 0.249. The number of hydrogen-bond acceptors (Lipinski definition) is 4. The SMILES string of the molecule is COc1ccc(NC(=O)NC(C)c2cn(C)nc2C)c(OC)c1. The summed E-state index contributed by atoms with van der Waals surface area (Å²) in [4.78, 5) is 12.2. The predicted octanol–water partition coefficient (Wildman–Crippen LogP) is 2.63. The molecule has 1 aromatic carbocycles. The molecule has 2 amide bonds. The van der Waals surface area contributed by atoms with Crippen molar-refractivity contribution >= 4 is 11.7 Å². The van der Waals surface area contributed by atoms with Crippen LogP contribution in [-0.2, 0) is 7.05 Å². The van der Waals surface area contributed by atoms with E-state index >= 15 is 0 Å². The first-order valence-electron chi connectivity index (χ1n) is 7.24. The number of amides is 2. The molecular formula is C16H22N4O3. The third-order valence-electron chi connectivity index (χ3n) is 3.52. The lowest BCUT2D eigenvalue weighted by Crippen LogP contribution is -2.31. The smallest absolute Gasteiger partial charge is 0.319 e. The highest BCUT2D eigenvalue weighted by Crippen LogP contribution is 2.29. The summed E-state index contributed by atoms with van der Waals surface area (Å²) in [5, 5.41) is 9.95. The number of hydrogen-bond donors (Lipinski definition) is 2. The molecule has 0 saturated carbocycles. The molecule has 0 fully saturated rings. The summed E-state index contributed by atoms with van der Waals surface area (Å²) in [6.07, 6.45) is 1.90. The molecule has 2 aromatic rings. The van der Waals surface area contributed by atoms with Crippen LogP contribution in [0.4, 0.5) is 10.5 Å². The summed E-state index contributed by atoms with van der Waals surface area (Å²) in [5.41, 5.74) is 2.44. The molecule has 0 spiro atoms. The van der Waals surface area contributed by atoms with Crippen molar-refractivity contribution in [1.82, 2.24) is 15.1 Å². The van der Waals surface area contributed by atoms with Crippen LogP contribution in [-0.4, -0.2) is 30.0 Å². The topological polar surface area (TPSA) is 77.4 Å². The zero-order chi connectivity index (χ0) is 17.0. The largest absolute Gasteiger partial charge is 0.497 e. The normalized spacial score (nSPS) is 11.7. The highest BCUT2D eigenvalue weighted by molar-refractivity contribution is 5.91. The number of anilines is 1. The van der Waals surface area contributed by atoms with Crippen LogP contribution in [0.15, 0.2) is 24.4 Å². The minimum absolute atomic E-state index is 0.159. The molecule has 2 N–H and O–H groups in total. The Labute approximate surface area is 135 Å². The van der Waals surface area contributed by atoms with E-state index in [1.807, 2.05) is 27.1 Å².